The number of nitrogens with two attached hydrogens (primary N) is 1. The molecule has 0 fully saturated rings. The number of para-hydroxylation sites is 2. The van der Waals surface area contributed by atoms with Gasteiger partial charge in [-0.2, -0.15) is 0 Å². The summed E-state index contributed by atoms with van der Waals surface area (Å²) in [5, 5.41) is 0. The second-order valence-corrected chi connectivity index (χ2v) is 4.96. The number of hydrogen-bond acceptors (Lipinski definition) is 3. The smallest absolute Gasteiger partial charge is 0.129 e. The van der Waals surface area contributed by atoms with Gasteiger partial charge in [-0.1, -0.05) is 36.4 Å². The van der Waals surface area contributed by atoms with Gasteiger partial charge >= 0.3 is 0 Å². The van der Waals surface area contributed by atoms with E-state index in [9.17, 15) is 0 Å². The van der Waals surface area contributed by atoms with E-state index >= 15 is 0 Å². The van der Waals surface area contributed by atoms with Gasteiger partial charge in [0.25, 0.3) is 0 Å². The number of hydrogen-bond donors (Lipinski definition) is 1. The van der Waals surface area contributed by atoms with E-state index in [1.807, 2.05) is 49.4 Å². The van der Waals surface area contributed by atoms with Crippen molar-refractivity contribution in [2.75, 3.05) is 6.61 Å². The van der Waals surface area contributed by atoms with E-state index in [1.165, 1.54) is 0 Å². The average Bonchev–Trinajstić information content (AvgIpc) is 2.48. The highest BCUT2D eigenvalue weighted by Crippen LogP contribution is 2.41. The predicted octanol–water partition coefficient (Wildman–Crippen LogP) is 3.61. The Labute approximate surface area is 119 Å². The summed E-state index contributed by atoms with van der Waals surface area (Å²) in [6.07, 6.45) is 0.712. The fourth-order valence-electron chi connectivity index (χ4n) is 2.68. The van der Waals surface area contributed by atoms with Gasteiger partial charge in [0, 0.05) is 23.6 Å². The van der Waals surface area contributed by atoms with Crippen molar-refractivity contribution in [1.82, 2.24) is 0 Å². The molecule has 2 atom stereocenters. The normalized spacial score (nSPS) is 20.9. The molecule has 1 aliphatic heterocycles. The first-order chi connectivity index (χ1) is 9.79. The van der Waals surface area contributed by atoms with Crippen LogP contribution in [0.5, 0.6) is 11.5 Å². The average molecular weight is 269 g/mol. The molecule has 0 saturated carbocycles. The van der Waals surface area contributed by atoms with Crippen LogP contribution in [0.15, 0.2) is 48.5 Å². The summed E-state index contributed by atoms with van der Waals surface area (Å²) >= 11 is 0. The Morgan fingerprint density at radius 3 is 2.60 bits per heavy atom. The molecule has 1 unspecified atom stereocenters. The second kappa shape index (κ2) is 5.55. The zero-order chi connectivity index (χ0) is 13.9. The highest BCUT2D eigenvalue weighted by molar-refractivity contribution is 5.42. The van der Waals surface area contributed by atoms with E-state index in [0.717, 1.165) is 29.0 Å². The van der Waals surface area contributed by atoms with Crippen LogP contribution in [0.25, 0.3) is 0 Å². The molecular weight excluding hydrogens is 250 g/mol. The Morgan fingerprint density at radius 2 is 1.80 bits per heavy atom. The molecule has 2 N–H and O–H groups in total. The maximum Gasteiger partial charge on any atom is 0.129 e. The van der Waals surface area contributed by atoms with Crippen molar-refractivity contribution in [1.29, 1.82) is 0 Å². The van der Waals surface area contributed by atoms with Crippen LogP contribution >= 0.6 is 0 Å². The standard InChI is InChI=1S/C17H19NO2/c1-2-19-15-9-5-4-8-13(15)17-11-14(18)12-7-3-6-10-16(12)20-17/h3-10,14,17H,2,11,18H2,1H3/t14-,17?/m1/s1. The molecule has 3 rings (SSSR count). The van der Waals surface area contributed by atoms with Gasteiger partial charge in [-0.05, 0) is 19.1 Å². The van der Waals surface area contributed by atoms with Gasteiger partial charge in [0.15, 0.2) is 0 Å². The number of rotatable bonds is 3. The topological polar surface area (TPSA) is 44.5 Å². The molecule has 0 spiro atoms. The van der Waals surface area contributed by atoms with E-state index in [4.69, 9.17) is 15.2 Å². The molecule has 104 valence electrons. The summed E-state index contributed by atoms with van der Waals surface area (Å²) in [5.74, 6) is 1.76. The minimum atomic E-state index is -0.0531. The number of fused-ring (bicyclic) bond motifs is 1. The molecule has 2 aromatic carbocycles. The van der Waals surface area contributed by atoms with Crippen LogP contribution < -0.4 is 15.2 Å². The third-order valence-corrected chi connectivity index (χ3v) is 3.62. The Hall–Kier alpha value is -2.00. The van der Waals surface area contributed by atoms with E-state index in [2.05, 4.69) is 6.07 Å². The van der Waals surface area contributed by atoms with Crippen LogP contribution in [0.2, 0.25) is 0 Å². The molecule has 0 bridgehead atoms. The summed E-state index contributed by atoms with van der Waals surface area (Å²) in [6, 6.07) is 16.0. The predicted molar refractivity (Wildman–Crippen MR) is 79.0 cm³/mol. The summed E-state index contributed by atoms with van der Waals surface area (Å²) in [4.78, 5) is 0. The Bertz CT molecular complexity index is 597. The van der Waals surface area contributed by atoms with Crippen molar-refractivity contribution in [2.24, 2.45) is 5.73 Å². The molecular formula is C17H19NO2. The van der Waals surface area contributed by atoms with Crippen molar-refractivity contribution < 1.29 is 9.47 Å². The van der Waals surface area contributed by atoms with Crippen LogP contribution in [-0.4, -0.2) is 6.61 Å². The molecule has 3 nitrogen and oxygen atoms in total. The lowest BCUT2D eigenvalue weighted by atomic mass is 9.93. The van der Waals surface area contributed by atoms with Gasteiger partial charge in [0.2, 0.25) is 0 Å². The van der Waals surface area contributed by atoms with E-state index in [0.29, 0.717) is 6.61 Å². The van der Waals surface area contributed by atoms with Crippen molar-refractivity contribution in [3.05, 3.63) is 59.7 Å². The third kappa shape index (κ3) is 2.37. The lowest BCUT2D eigenvalue weighted by Gasteiger charge is -2.31. The minimum Gasteiger partial charge on any atom is -0.493 e. The molecule has 3 heteroatoms. The van der Waals surface area contributed by atoms with Gasteiger partial charge in [0.1, 0.15) is 17.6 Å². The Morgan fingerprint density at radius 1 is 1.10 bits per heavy atom. The Balaban J connectivity index is 1.94. The first-order valence-electron chi connectivity index (χ1n) is 7.02. The lowest BCUT2D eigenvalue weighted by molar-refractivity contribution is 0.156. The summed E-state index contributed by atoms with van der Waals surface area (Å²) in [5.41, 5.74) is 8.43. The molecule has 2 aromatic rings. The van der Waals surface area contributed by atoms with E-state index < -0.39 is 0 Å². The van der Waals surface area contributed by atoms with Gasteiger partial charge in [-0.3, -0.25) is 0 Å². The SMILES string of the molecule is CCOc1ccccc1C1C[C@@H](N)c2ccccc2O1. The van der Waals surface area contributed by atoms with Gasteiger partial charge in [-0.15, -0.1) is 0 Å². The van der Waals surface area contributed by atoms with Crippen molar-refractivity contribution >= 4 is 0 Å². The maximum atomic E-state index is 6.28. The quantitative estimate of drug-likeness (QED) is 0.925. The zero-order valence-electron chi connectivity index (χ0n) is 11.6. The molecule has 0 aliphatic carbocycles. The molecule has 1 aliphatic rings. The highest BCUT2D eigenvalue weighted by atomic mass is 16.5. The maximum absolute atomic E-state index is 6.28. The largest absolute Gasteiger partial charge is 0.493 e. The molecule has 1 heterocycles. The number of ether oxygens (including phenoxy) is 2. The Kier molecular flexibility index (Phi) is 3.61. The van der Waals surface area contributed by atoms with Gasteiger partial charge in [-0.25, -0.2) is 0 Å². The summed E-state index contributed by atoms with van der Waals surface area (Å²) in [7, 11) is 0. The lowest BCUT2D eigenvalue weighted by Crippen LogP contribution is -2.24. The van der Waals surface area contributed by atoms with Crippen molar-refractivity contribution in [3.8, 4) is 11.5 Å². The molecule has 0 saturated heterocycles. The highest BCUT2D eigenvalue weighted by Gasteiger charge is 2.28. The number of benzene rings is 2. The first kappa shape index (κ1) is 13.0. The summed E-state index contributed by atoms with van der Waals surface area (Å²) in [6.45, 7) is 2.63. The van der Waals surface area contributed by atoms with Crippen LogP contribution in [0.1, 0.15) is 36.6 Å². The fourth-order valence-corrected chi connectivity index (χ4v) is 2.68. The molecule has 0 amide bonds. The fraction of sp³-hybridized carbons (Fsp3) is 0.294. The van der Waals surface area contributed by atoms with Crippen LogP contribution in [0.4, 0.5) is 0 Å². The van der Waals surface area contributed by atoms with Crippen LogP contribution in [-0.2, 0) is 0 Å². The van der Waals surface area contributed by atoms with Gasteiger partial charge < -0.3 is 15.2 Å². The monoisotopic (exact) mass is 269 g/mol. The zero-order valence-corrected chi connectivity index (χ0v) is 11.6. The van der Waals surface area contributed by atoms with Crippen LogP contribution in [0, 0.1) is 0 Å². The molecule has 0 aromatic heterocycles. The first-order valence-corrected chi connectivity index (χ1v) is 7.02. The van der Waals surface area contributed by atoms with Crippen LogP contribution in [0.3, 0.4) is 0 Å². The third-order valence-electron chi connectivity index (χ3n) is 3.62. The minimum absolute atomic E-state index is 0.000340. The van der Waals surface area contributed by atoms with Gasteiger partial charge in [0.05, 0.1) is 6.61 Å². The van der Waals surface area contributed by atoms with E-state index in [-0.39, 0.29) is 12.1 Å². The second-order valence-electron chi connectivity index (χ2n) is 4.96. The van der Waals surface area contributed by atoms with E-state index in [1.54, 1.807) is 0 Å². The molecule has 20 heavy (non-hydrogen) atoms. The van der Waals surface area contributed by atoms with Crippen molar-refractivity contribution in [2.45, 2.75) is 25.5 Å². The molecule has 0 radical (unpaired) electrons. The van der Waals surface area contributed by atoms with Crippen molar-refractivity contribution in [3.63, 3.8) is 0 Å². The summed E-state index contributed by atoms with van der Waals surface area (Å²) < 4.78 is 11.8.